The highest BCUT2D eigenvalue weighted by Crippen LogP contribution is 2.30. The summed E-state index contributed by atoms with van der Waals surface area (Å²) in [4.78, 5) is 26.5. The number of carbonyl (C=O) groups excluding carboxylic acids is 2. The highest BCUT2D eigenvalue weighted by Gasteiger charge is 2.30. The smallest absolute Gasteiger partial charge is 0.251 e. The molecule has 4 N–H and O–H groups in total. The largest absolute Gasteiger partial charge is 0.494 e. The number of anilines is 2. The average Bonchev–Trinajstić information content (AvgIpc) is 3.33. The van der Waals surface area contributed by atoms with E-state index < -0.39 is 39.7 Å². The normalized spacial score (nSPS) is 16.3. The number of rotatable bonds is 12. The van der Waals surface area contributed by atoms with Crippen molar-refractivity contribution < 1.29 is 27.1 Å². The molecule has 0 bridgehead atoms. The second-order valence-electron chi connectivity index (χ2n) is 10.5. The van der Waals surface area contributed by atoms with Crippen LogP contribution in [0.1, 0.15) is 42.6 Å². The molecule has 4 rings (SSSR count). The summed E-state index contributed by atoms with van der Waals surface area (Å²) in [6, 6.07) is 18.7. The van der Waals surface area contributed by atoms with Crippen molar-refractivity contribution in [3.8, 4) is 5.75 Å². The third-order valence-corrected chi connectivity index (χ3v) is 9.04. The zero-order valence-electron chi connectivity index (χ0n) is 23.8. The average molecular weight is 597 g/mol. The van der Waals surface area contributed by atoms with Gasteiger partial charge in [0.2, 0.25) is 15.9 Å². The fraction of sp³-hybridized carbons (Fsp3) is 0.355. The Hall–Kier alpha value is -3.96. The topological polar surface area (TPSA) is 131 Å². The molecule has 9 nitrogen and oxygen atoms in total. The molecule has 0 saturated carbocycles. The molecule has 1 saturated heterocycles. The van der Waals surface area contributed by atoms with Gasteiger partial charge in [-0.1, -0.05) is 37.3 Å². The van der Waals surface area contributed by atoms with Gasteiger partial charge in [-0.15, -0.1) is 0 Å². The quantitative estimate of drug-likeness (QED) is 0.289. The van der Waals surface area contributed by atoms with Gasteiger partial charge in [-0.25, -0.2) is 12.8 Å². The van der Waals surface area contributed by atoms with Crippen molar-refractivity contribution in [2.75, 3.05) is 28.5 Å². The summed E-state index contributed by atoms with van der Waals surface area (Å²) in [5.41, 5.74) is 8.67. The maximum Gasteiger partial charge on any atom is 0.251 e. The van der Waals surface area contributed by atoms with Gasteiger partial charge in [0, 0.05) is 41.9 Å². The van der Waals surface area contributed by atoms with Gasteiger partial charge in [0.1, 0.15) is 11.6 Å². The van der Waals surface area contributed by atoms with E-state index in [0.29, 0.717) is 43.1 Å². The molecule has 0 unspecified atom stereocenters. The van der Waals surface area contributed by atoms with Crippen LogP contribution in [0.5, 0.6) is 5.75 Å². The van der Waals surface area contributed by atoms with Crippen molar-refractivity contribution >= 4 is 33.2 Å². The molecule has 42 heavy (non-hydrogen) atoms. The van der Waals surface area contributed by atoms with Gasteiger partial charge >= 0.3 is 0 Å². The van der Waals surface area contributed by atoms with Crippen molar-refractivity contribution in [1.82, 2.24) is 5.32 Å². The van der Waals surface area contributed by atoms with E-state index in [-0.39, 0.29) is 23.6 Å². The van der Waals surface area contributed by atoms with Crippen molar-refractivity contribution in [2.24, 2.45) is 11.7 Å². The molecular weight excluding hydrogens is 559 g/mol. The van der Waals surface area contributed by atoms with Gasteiger partial charge in [-0.2, -0.15) is 0 Å². The van der Waals surface area contributed by atoms with Crippen LogP contribution in [0.25, 0.3) is 0 Å². The first-order chi connectivity index (χ1) is 20.1. The predicted octanol–water partition coefficient (Wildman–Crippen LogP) is 4.10. The molecule has 0 aliphatic carbocycles. The van der Waals surface area contributed by atoms with E-state index >= 15 is 0 Å². The lowest BCUT2D eigenvalue weighted by Gasteiger charge is -2.28. The molecule has 1 heterocycles. The maximum atomic E-state index is 13.6. The summed E-state index contributed by atoms with van der Waals surface area (Å²) in [5, 5.41) is 5.80. The van der Waals surface area contributed by atoms with E-state index in [1.165, 1.54) is 28.6 Å². The molecule has 1 aliphatic heterocycles. The number of carbonyl (C=O) groups is 2. The number of benzene rings is 3. The van der Waals surface area contributed by atoms with E-state index in [1.807, 2.05) is 30.3 Å². The lowest BCUT2D eigenvalue weighted by atomic mass is 9.92. The zero-order valence-corrected chi connectivity index (χ0v) is 24.6. The number of hydrogen-bond donors (Lipinski definition) is 3. The molecule has 0 radical (unpaired) electrons. The van der Waals surface area contributed by atoms with Gasteiger partial charge in [0.05, 0.1) is 18.0 Å². The second kappa shape index (κ2) is 13.8. The lowest BCUT2D eigenvalue weighted by molar-refractivity contribution is -0.119. The minimum atomic E-state index is -3.47. The van der Waals surface area contributed by atoms with Crippen LogP contribution in [0.4, 0.5) is 15.8 Å². The van der Waals surface area contributed by atoms with Crippen LogP contribution in [0.3, 0.4) is 0 Å². The fourth-order valence-electron chi connectivity index (χ4n) is 4.95. The summed E-state index contributed by atoms with van der Waals surface area (Å²) in [5.74, 6) is -1.18. The molecule has 1 aliphatic rings. The minimum Gasteiger partial charge on any atom is -0.494 e. The van der Waals surface area contributed by atoms with Crippen molar-refractivity contribution in [1.29, 1.82) is 0 Å². The number of nitrogens with zero attached hydrogens (tertiary/aromatic N) is 1. The van der Waals surface area contributed by atoms with E-state index in [2.05, 4.69) is 10.6 Å². The minimum absolute atomic E-state index is 0.0499. The first-order valence-corrected chi connectivity index (χ1v) is 15.6. The Morgan fingerprint density at radius 3 is 2.43 bits per heavy atom. The molecule has 3 aromatic carbocycles. The summed E-state index contributed by atoms with van der Waals surface area (Å²) in [6.45, 7) is 4.23. The van der Waals surface area contributed by atoms with E-state index in [0.717, 1.165) is 5.56 Å². The van der Waals surface area contributed by atoms with Gasteiger partial charge in [-0.05, 0) is 68.1 Å². The van der Waals surface area contributed by atoms with Crippen molar-refractivity contribution in [3.63, 3.8) is 0 Å². The van der Waals surface area contributed by atoms with Gasteiger partial charge in [0.25, 0.3) is 5.91 Å². The van der Waals surface area contributed by atoms with Crippen LogP contribution in [-0.4, -0.2) is 51.2 Å². The standard InChI is InChI=1S/C31H37FN4O5S/c1-3-41-27-19-23(18-26(20-27)36-14-7-15-42(36,39)40)31(38)35-29(17-22-8-5-4-6-9-22)28(33)16-21(2)30(37)34-25-12-10-24(32)11-13-25/h4-6,8-13,18-21,28-29H,3,7,14-17,33H2,1-2H3,(H,34,37)(H,35,38)/t21-,28+,29+/m1/s1. The summed E-state index contributed by atoms with van der Waals surface area (Å²) in [7, 11) is -3.47. The third-order valence-electron chi connectivity index (χ3n) is 7.17. The summed E-state index contributed by atoms with van der Waals surface area (Å²) in [6.07, 6.45) is 1.18. The van der Waals surface area contributed by atoms with Crippen molar-refractivity contribution in [2.45, 2.75) is 45.2 Å². The van der Waals surface area contributed by atoms with Crippen LogP contribution < -0.4 is 25.4 Å². The predicted molar refractivity (Wildman–Crippen MR) is 162 cm³/mol. The van der Waals surface area contributed by atoms with E-state index in [1.54, 1.807) is 32.0 Å². The number of nitrogens with one attached hydrogen (secondary N) is 2. The first kappa shape index (κ1) is 31.0. The van der Waals surface area contributed by atoms with Crippen LogP contribution in [-0.2, 0) is 21.2 Å². The Balaban J connectivity index is 1.54. The number of sulfonamides is 1. The van der Waals surface area contributed by atoms with Crippen LogP contribution in [0.2, 0.25) is 0 Å². The van der Waals surface area contributed by atoms with Crippen LogP contribution in [0.15, 0.2) is 72.8 Å². The molecule has 0 spiro atoms. The van der Waals surface area contributed by atoms with Gasteiger partial charge in [0.15, 0.2) is 0 Å². The fourth-order valence-corrected chi connectivity index (χ4v) is 6.49. The number of hydrogen-bond acceptors (Lipinski definition) is 6. The molecule has 1 fully saturated rings. The Bertz CT molecular complexity index is 1480. The van der Waals surface area contributed by atoms with Crippen LogP contribution in [0, 0.1) is 11.7 Å². The maximum absolute atomic E-state index is 13.6. The van der Waals surface area contributed by atoms with Crippen LogP contribution >= 0.6 is 0 Å². The molecule has 11 heteroatoms. The summed E-state index contributed by atoms with van der Waals surface area (Å²) >= 11 is 0. The van der Waals surface area contributed by atoms with Crippen molar-refractivity contribution in [3.05, 3.63) is 89.7 Å². The molecule has 224 valence electrons. The highest BCUT2D eigenvalue weighted by atomic mass is 32.2. The van der Waals surface area contributed by atoms with E-state index in [4.69, 9.17) is 10.5 Å². The Kier molecular flexibility index (Phi) is 10.2. The molecule has 3 atom stereocenters. The second-order valence-corrected chi connectivity index (χ2v) is 12.5. The molecule has 3 aromatic rings. The summed E-state index contributed by atoms with van der Waals surface area (Å²) < 4.78 is 45.4. The number of amides is 2. The number of nitrogens with two attached hydrogens (primary N) is 1. The highest BCUT2D eigenvalue weighted by molar-refractivity contribution is 7.93. The van der Waals surface area contributed by atoms with Gasteiger partial charge < -0.3 is 21.1 Å². The SMILES string of the molecule is CCOc1cc(C(=O)N[C@@H](Cc2ccccc2)[C@@H](N)C[C@@H](C)C(=O)Nc2ccc(F)cc2)cc(N2CCCS2(=O)=O)c1. The Labute approximate surface area is 246 Å². The molecule has 0 aromatic heterocycles. The number of ether oxygens (including phenoxy) is 1. The molecular formula is C31H37FN4O5S. The van der Waals surface area contributed by atoms with E-state index in [9.17, 15) is 22.4 Å². The number of halogens is 1. The third kappa shape index (κ3) is 8.07. The lowest BCUT2D eigenvalue weighted by Crippen LogP contribution is -2.50. The zero-order chi connectivity index (χ0) is 30.3. The first-order valence-electron chi connectivity index (χ1n) is 14.0. The molecule has 2 amide bonds. The van der Waals surface area contributed by atoms with Gasteiger partial charge in [-0.3, -0.25) is 13.9 Å². The Morgan fingerprint density at radius 2 is 1.79 bits per heavy atom. The monoisotopic (exact) mass is 596 g/mol. The Morgan fingerprint density at radius 1 is 1.07 bits per heavy atom.